The van der Waals surface area contributed by atoms with Gasteiger partial charge in [0.25, 0.3) is 11.1 Å². The monoisotopic (exact) mass is 393 g/mol. The molecular weight excluding hydrogens is 374 g/mol. The van der Waals surface area contributed by atoms with Crippen LogP contribution >= 0.6 is 11.8 Å². The molecular formula is C20H19N5O2S. The van der Waals surface area contributed by atoms with Crippen LogP contribution in [0.15, 0.2) is 64.4 Å². The van der Waals surface area contributed by atoms with Crippen molar-refractivity contribution in [2.45, 2.75) is 5.22 Å². The Balaban J connectivity index is 1.37. The summed E-state index contributed by atoms with van der Waals surface area (Å²) in [5, 5.41) is 12.4. The second kappa shape index (κ2) is 7.77. The summed E-state index contributed by atoms with van der Waals surface area (Å²) >= 11 is 1.21. The molecule has 0 atom stereocenters. The first kappa shape index (κ1) is 18.1. The third kappa shape index (κ3) is 3.86. The highest BCUT2D eigenvalue weighted by molar-refractivity contribution is 7.99. The first-order valence-corrected chi connectivity index (χ1v) is 9.69. The van der Waals surface area contributed by atoms with Gasteiger partial charge in [0, 0.05) is 42.6 Å². The molecule has 4 aromatic rings. The standard InChI is InChI=1S/C20H19N5O2S/c1-25(2)14-9-7-13(8-10-14)22-18(26)12-28-20-24-23-19(27-20)16-11-21-17-6-4-3-5-15(16)17/h3-11,21H,12H2,1-2H3,(H,22,26). The number of nitrogens with zero attached hydrogens (tertiary/aromatic N) is 3. The molecule has 0 saturated heterocycles. The van der Waals surface area contributed by atoms with Crippen LogP contribution < -0.4 is 10.2 Å². The number of H-pyrrole nitrogens is 1. The van der Waals surface area contributed by atoms with E-state index in [0.717, 1.165) is 27.8 Å². The number of aromatic nitrogens is 3. The molecule has 4 rings (SSSR count). The molecule has 0 saturated carbocycles. The van der Waals surface area contributed by atoms with E-state index in [1.165, 1.54) is 11.8 Å². The zero-order valence-corrected chi connectivity index (χ0v) is 16.3. The normalized spacial score (nSPS) is 10.9. The molecule has 0 aliphatic rings. The van der Waals surface area contributed by atoms with Crippen LogP contribution in [0.1, 0.15) is 0 Å². The summed E-state index contributed by atoms with van der Waals surface area (Å²) in [5.74, 6) is 0.486. The van der Waals surface area contributed by atoms with E-state index in [1.807, 2.05) is 73.7 Å². The molecule has 0 bridgehead atoms. The summed E-state index contributed by atoms with van der Waals surface area (Å²) in [6.45, 7) is 0. The number of thioether (sulfide) groups is 1. The second-order valence-corrected chi connectivity index (χ2v) is 7.33. The van der Waals surface area contributed by atoms with E-state index in [9.17, 15) is 4.79 Å². The molecule has 1 amide bonds. The zero-order valence-electron chi connectivity index (χ0n) is 15.5. The van der Waals surface area contributed by atoms with Crippen LogP contribution in [-0.2, 0) is 4.79 Å². The van der Waals surface area contributed by atoms with E-state index in [0.29, 0.717) is 11.1 Å². The van der Waals surface area contributed by atoms with Gasteiger partial charge in [0.15, 0.2) is 0 Å². The largest absolute Gasteiger partial charge is 0.411 e. The van der Waals surface area contributed by atoms with Crippen LogP contribution in [0.3, 0.4) is 0 Å². The van der Waals surface area contributed by atoms with Gasteiger partial charge in [-0.3, -0.25) is 4.79 Å². The molecule has 0 spiro atoms. The topological polar surface area (TPSA) is 87.0 Å². The van der Waals surface area contributed by atoms with Crippen LogP contribution in [0.2, 0.25) is 0 Å². The number of benzene rings is 2. The molecule has 0 aliphatic carbocycles. The number of nitrogens with one attached hydrogen (secondary N) is 2. The number of aromatic amines is 1. The maximum absolute atomic E-state index is 12.2. The lowest BCUT2D eigenvalue weighted by Gasteiger charge is -2.12. The number of fused-ring (bicyclic) bond motifs is 1. The van der Waals surface area contributed by atoms with Crippen molar-refractivity contribution < 1.29 is 9.21 Å². The van der Waals surface area contributed by atoms with Gasteiger partial charge in [-0.1, -0.05) is 30.0 Å². The average Bonchev–Trinajstić information content (AvgIpc) is 3.33. The van der Waals surface area contributed by atoms with E-state index in [-0.39, 0.29) is 11.7 Å². The van der Waals surface area contributed by atoms with Crippen molar-refractivity contribution in [2.24, 2.45) is 0 Å². The maximum atomic E-state index is 12.2. The molecule has 7 nitrogen and oxygen atoms in total. The third-order valence-corrected chi connectivity index (χ3v) is 5.04. The van der Waals surface area contributed by atoms with Crippen LogP contribution in [-0.4, -0.2) is 40.9 Å². The molecule has 8 heteroatoms. The van der Waals surface area contributed by atoms with Gasteiger partial charge < -0.3 is 19.6 Å². The van der Waals surface area contributed by atoms with Crippen LogP contribution in [0.5, 0.6) is 0 Å². The van der Waals surface area contributed by atoms with Gasteiger partial charge in [-0.25, -0.2) is 0 Å². The summed E-state index contributed by atoms with van der Waals surface area (Å²) in [4.78, 5) is 17.4. The molecule has 0 unspecified atom stereocenters. The van der Waals surface area contributed by atoms with E-state index in [4.69, 9.17) is 4.42 Å². The summed E-state index contributed by atoms with van der Waals surface area (Å²) in [6, 6.07) is 15.6. The van der Waals surface area contributed by atoms with E-state index < -0.39 is 0 Å². The predicted octanol–water partition coefficient (Wildman–Crippen LogP) is 4.01. The minimum Gasteiger partial charge on any atom is -0.411 e. The molecule has 2 aromatic heterocycles. The molecule has 2 N–H and O–H groups in total. The predicted molar refractivity (Wildman–Crippen MR) is 112 cm³/mol. The number of amides is 1. The van der Waals surface area contributed by atoms with E-state index in [1.54, 1.807) is 0 Å². The maximum Gasteiger partial charge on any atom is 0.277 e. The highest BCUT2D eigenvalue weighted by Gasteiger charge is 2.14. The molecule has 142 valence electrons. The number of hydrogen-bond acceptors (Lipinski definition) is 6. The first-order chi connectivity index (χ1) is 13.6. The molecule has 0 radical (unpaired) electrons. The Kier molecular flexibility index (Phi) is 5.03. The van der Waals surface area contributed by atoms with Crippen LogP contribution in [0.25, 0.3) is 22.4 Å². The van der Waals surface area contributed by atoms with Crippen molar-refractivity contribution >= 4 is 39.9 Å². The number of rotatable bonds is 6. The second-order valence-electron chi connectivity index (χ2n) is 6.40. The van der Waals surface area contributed by atoms with Gasteiger partial charge in [-0.15, -0.1) is 10.2 Å². The van der Waals surface area contributed by atoms with Crippen molar-refractivity contribution in [3.8, 4) is 11.5 Å². The lowest BCUT2D eigenvalue weighted by molar-refractivity contribution is -0.113. The van der Waals surface area contributed by atoms with Crippen molar-refractivity contribution in [3.63, 3.8) is 0 Å². The Morgan fingerprint density at radius 1 is 1.14 bits per heavy atom. The fourth-order valence-corrected chi connectivity index (χ4v) is 3.36. The summed E-state index contributed by atoms with van der Waals surface area (Å²) in [7, 11) is 3.94. The van der Waals surface area contributed by atoms with Crippen LogP contribution in [0, 0.1) is 0 Å². The van der Waals surface area contributed by atoms with E-state index in [2.05, 4.69) is 20.5 Å². The van der Waals surface area contributed by atoms with Gasteiger partial charge in [-0.05, 0) is 30.3 Å². The summed E-state index contributed by atoms with van der Waals surface area (Å²) in [6.07, 6.45) is 1.84. The summed E-state index contributed by atoms with van der Waals surface area (Å²) in [5.41, 5.74) is 3.68. The van der Waals surface area contributed by atoms with Gasteiger partial charge in [0.2, 0.25) is 5.91 Å². The zero-order chi connectivity index (χ0) is 19.5. The van der Waals surface area contributed by atoms with Crippen molar-refractivity contribution in [3.05, 3.63) is 54.7 Å². The highest BCUT2D eigenvalue weighted by Crippen LogP contribution is 2.29. The Morgan fingerprint density at radius 2 is 1.93 bits per heavy atom. The third-order valence-electron chi connectivity index (χ3n) is 4.22. The van der Waals surface area contributed by atoms with Gasteiger partial charge in [0.05, 0.1) is 11.3 Å². The lowest BCUT2D eigenvalue weighted by Crippen LogP contribution is -2.14. The number of para-hydroxylation sites is 1. The molecule has 0 fully saturated rings. The molecule has 2 aromatic carbocycles. The van der Waals surface area contributed by atoms with Gasteiger partial charge in [0.1, 0.15) is 0 Å². The minimum atomic E-state index is -0.130. The lowest BCUT2D eigenvalue weighted by atomic mass is 10.2. The fourth-order valence-electron chi connectivity index (χ4n) is 2.79. The number of carbonyl (C=O) groups is 1. The number of anilines is 2. The Hall–Kier alpha value is -3.26. The Bertz CT molecular complexity index is 1100. The number of carbonyl (C=O) groups excluding carboxylic acids is 1. The van der Waals surface area contributed by atoms with Crippen molar-refractivity contribution in [2.75, 3.05) is 30.1 Å². The molecule has 2 heterocycles. The molecule has 28 heavy (non-hydrogen) atoms. The quantitative estimate of drug-likeness (QED) is 0.481. The summed E-state index contributed by atoms with van der Waals surface area (Å²) < 4.78 is 5.71. The number of hydrogen-bond donors (Lipinski definition) is 2. The van der Waals surface area contributed by atoms with Gasteiger partial charge >= 0.3 is 0 Å². The average molecular weight is 393 g/mol. The van der Waals surface area contributed by atoms with Gasteiger partial charge in [-0.2, -0.15) is 0 Å². The van der Waals surface area contributed by atoms with E-state index >= 15 is 0 Å². The first-order valence-electron chi connectivity index (χ1n) is 8.70. The highest BCUT2D eigenvalue weighted by atomic mass is 32.2. The van der Waals surface area contributed by atoms with Crippen molar-refractivity contribution in [1.82, 2.24) is 15.2 Å². The minimum absolute atomic E-state index is 0.130. The van der Waals surface area contributed by atoms with Crippen LogP contribution in [0.4, 0.5) is 11.4 Å². The molecule has 0 aliphatic heterocycles. The van der Waals surface area contributed by atoms with Crippen molar-refractivity contribution in [1.29, 1.82) is 0 Å². The Labute approximate surface area is 166 Å². The Morgan fingerprint density at radius 3 is 2.71 bits per heavy atom. The smallest absolute Gasteiger partial charge is 0.277 e. The SMILES string of the molecule is CN(C)c1ccc(NC(=O)CSc2nnc(-c3c[nH]c4ccccc34)o2)cc1. The fraction of sp³-hybridized carbons (Fsp3) is 0.150.